The van der Waals surface area contributed by atoms with Crippen LogP contribution in [0.3, 0.4) is 0 Å². The summed E-state index contributed by atoms with van der Waals surface area (Å²) >= 11 is 0. The molecule has 0 radical (unpaired) electrons. The lowest BCUT2D eigenvalue weighted by Crippen LogP contribution is -2.43. The maximum Gasteiger partial charge on any atom is 0.328 e. The molecule has 8 heteroatoms. The molecule has 3 N–H and O–H groups in total. The van der Waals surface area contributed by atoms with Gasteiger partial charge in [-0.1, -0.05) is 12.1 Å². The second kappa shape index (κ2) is 7.91. The minimum atomic E-state index is -0.920. The van der Waals surface area contributed by atoms with E-state index in [1.165, 1.54) is 31.4 Å². The lowest BCUT2D eigenvalue weighted by atomic mass is 10.0. The number of esters is 1. The van der Waals surface area contributed by atoms with Crippen molar-refractivity contribution in [3.8, 4) is 0 Å². The van der Waals surface area contributed by atoms with E-state index in [1.54, 1.807) is 24.3 Å². The smallest absolute Gasteiger partial charge is 0.328 e. The largest absolute Gasteiger partial charge is 0.467 e. The molecule has 0 aliphatic carbocycles. The van der Waals surface area contributed by atoms with Gasteiger partial charge in [-0.3, -0.25) is 14.9 Å². The molecule has 0 aromatic heterocycles. The Labute approximate surface area is 143 Å². The summed E-state index contributed by atoms with van der Waals surface area (Å²) in [6.07, 6.45) is 0.144. The van der Waals surface area contributed by atoms with Gasteiger partial charge in [-0.15, -0.1) is 0 Å². The number of non-ortho nitro benzene ring substituents is 1. The van der Waals surface area contributed by atoms with E-state index in [2.05, 4.69) is 5.32 Å². The molecule has 0 saturated heterocycles. The van der Waals surface area contributed by atoms with Crippen molar-refractivity contribution in [2.75, 3.05) is 12.8 Å². The summed E-state index contributed by atoms with van der Waals surface area (Å²) in [6.45, 7) is 0. The summed E-state index contributed by atoms with van der Waals surface area (Å²) in [6, 6.07) is 11.1. The summed E-state index contributed by atoms with van der Waals surface area (Å²) < 4.78 is 4.72. The Morgan fingerprint density at radius 3 is 2.28 bits per heavy atom. The molecule has 0 fully saturated rings. The highest BCUT2D eigenvalue weighted by Crippen LogP contribution is 2.14. The molecule has 1 amide bonds. The maximum atomic E-state index is 12.3. The molecule has 2 aromatic carbocycles. The third-order valence-electron chi connectivity index (χ3n) is 3.55. The van der Waals surface area contributed by atoms with Crippen LogP contribution in [-0.2, 0) is 16.0 Å². The zero-order chi connectivity index (χ0) is 18.4. The van der Waals surface area contributed by atoms with Crippen LogP contribution in [0.2, 0.25) is 0 Å². The molecule has 0 heterocycles. The minimum Gasteiger partial charge on any atom is -0.467 e. The molecule has 2 aromatic rings. The molecule has 0 spiro atoms. The van der Waals surface area contributed by atoms with E-state index >= 15 is 0 Å². The molecule has 0 aliphatic rings. The Bertz CT molecular complexity index is 772. The summed E-state index contributed by atoms with van der Waals surface area (Å²) in [5.41, 5.74) is 7.05. The number of nitrogens with zero attached hydrogens (tertiary/aromatic N) is 1. The first-order valence-electron chi connectivity index (χ1n) is 7.38. The number of nitrogen functional groups attached to an aromatic ring is 1. The molecular weight excluding hydrogens is 326 g/mol. The van der Waals surface area contributed by atoms with Crippen LogP contribution in [0.5, 0.6) is 0 Å². The number of nitro groups is 1. The SMILES string of the molecule is COC(=O)C(Cc1ccc([N+](=O)[O-])cc1)NC(=O)c1ccc(N)cc1. The van der Waals surface area contributed by atoms with Gasteiger partial charge in [0.1, 0.15) is 6.04 Å². The second-order valence-corrected chi connectivity index (χ2v) is 5.30. The molecule has 8 nitrogen and oxygen atoms in total. The number of nitrogens with two attached hydrogens (primary N) is 1. The van der Waals surface area contributed by atoms with Gasteiger partial charge in [0, 0.05) is 29.8 Å². The zero-order valence-electron chi connectivity index (χ0n) is 13.5. The summed E-state index contributed by atoms with van der Waals surface area (Å²) in [7, 11) is 1.22. The van der Waals surface area contributed by atoms with Gasteiger partial charge in [-0.2, -0.15) is 0 Å². The normalized spacial score (nSPS) is 11.4. The van der Waals surface area contributed by atoms with Gasteiger partial charge < -0.3 is 15.8 Å². The summed E-state index contributed by atoms with van der Waals surface area (Å²) in [4.78, 5) is 34.4. The van der Waals surface area contributed by atoms with Crippen molar-refractivity contribution in [2.45, 2.75) is 12.5 Å². The number of anilines is 1. The van der Waals surface area contributed by atoms with Gasteiger partial charge in [-0.25, -0.2) is 4.79 Å². The minimum absolute atomic E-state index is 0.0516. The number of hydrogen-bond donors (Lipinski definition) is 2. The van der Waals surface area contributed by atoms with Crippen molar-refractivity contribution in [2.24, 2.45) is 0 Å². The van der Waals surface area contributed by atoms with Gasteiger partial charge in [-0.05, 0) is 29.8 Å². The van der Waals surface area contributed by atoms with Crippen LogP contribution in [0, 0.1) is 10.1 Å². The van der Waals surface area contributed by atoms with Crippen LogP contribution in [0.1, 0.15) is 15.9 Å². The molecule has 1 unspecified atom stereocenters. The molecule has 25 heavy (non-hydrogen) atoms. The van der Waals surface area contributed by atoms with E-state index in [0.29, 0.717) is 16.8 Å². The number of rotatable bonds is 6. The van der Waals surface area contributed by atoms with Gasteiger partial charge in [0.25, 0.3) is 11.6 Å². The molecule has 0 saturated carbocycles. The number of nitro benzene ring substituents is 1. The molecule has 0 bridgehead atoms. The van der Waals surface area contributed by atoms with Crippen LogP contribution >= 0.6 is 0 Å². The highest BCUT2D eigenvalue weighted by atomic mass is 16.6. The standard InChI is InChI=1S/C17H17N3O5/c1-25-17(22)15(10-11-2-8-14(9-3-11)20(23)24)19-16(21)12-4-6-13(18)7-5-12/h2-9,15H,10,18H2,1H3,(H,19,21). The summed E-state index contributed by atoms with van der Waals surface area (Å²) in [5, 5.41) is 13.3. The van der Waals surface area contributed by atoms with Crippen LogP contribution in [-0.4, -0.2) is 30.0 Å². The van der Waals surface area contributed by atoms with E-state index in [1.807, 2.05) is 0 Å². The highest BCUT2D eigenvalue weighted by molar-refractivity contribution is 5.97. The Morgan fingerprint density at radius 1 is 1.16 bits per heavy atom. The molecule has 130 valence electrons. The van der Waals surface area contributed by atoms with E-state index in [4.69, 9.17) is 10.5 Å². The average Bonchev–Trinajstić information content (AvgIpc) is 2.61. The Morgan fingerprint density at radius 2 is 1.76 bits per heavy atom. The second-order valence-electron chi connectivity index (χ2n) is 5.30. The highest BCUT2D eigenvalue weighted by Gasteiger charge is 2.23. The fourth-order valence-corrected chi connectivity index (χ4v) is 2.20. The van der Waals surface area contributed by atoms with E-state index in [-0.39, 0.29) is 12.1 Å². The number of amides is 1. The lowest BCUT2D eigenvalue weighted by molar-refractivity contribution is -0.384. The maximum absolute atomic E-state index is 12.3. The number of carbonyl (C=O) groups excluding carboxylic acids is 2. The molecule has 2 rings (SSSR count). The Balaban J connectivity index is 2.13. The van der Waals surface area contributed by atoms with Gasteiger partial charge in [0.2, 0.25) is 0 Å². The van der Waals surface area contributed by atoms with Crippen molar-refractivity contribution in [1.82, 2.24) is 5.32 Å². The summed E-state index contributed by atoms with van der Waals surface area (Å²) in [5.74, 6) is -1.06. The van der Waals surface area contributed by atoms with Crippen LogP contribution in [0.15, 0.2) is 48.5 Å². The first-order valence-corrected chi connectivity index (χ1v) is 7.38. The van der Waals surface area contributed by atoms with Crippen molar-refractivity contribution >= 4 is 23.3 Å². The first kappa shape index (κ1) is 17.9. The average molecular weight is 343 g/mol. The predicted octanol–water partition coefficient (Wildman–Crippen LogP) is 1.69. The molecule has 1 atom stereocenters. The van der Waals surface area contributed by atoms with Crippen LogP contribution in [0.25, 0.3) is 0 Å². The molecule has 0 aliphatic heterocycles. The fraction of sp³-hybridized carbons (Fsp3) is 0.176. The van der Waals surface area contributed by atoms with Gasteiger partial charge in [0.05, 0.1) is 12.0 Å². The van der Waals surface area contributed by atoms with Crippen molar-refractivity contribution in [3.05, 3.63) is 69.8 Å². The third-order valence-corrected chi connectivity index (χ3v) is 3.55. The number of methoxy groups -OCH3 is 1. The predicted molar refractivity (Wildman–Crippen MR) is 90.9 cm³/mol. The van der Waals surface area contributed by atoms with E-state index in [9.17, 15) is 19.7 Å². The van der Waals surface area contributed by atoms with Crippen LogP contribution < -0.4 is 11.1 Å². The number of hydrogen-bond acceptors (Lipinski definition) is 6. The topological polar surface area (TPSA) is 125 Å². The quantitative estimate of drug-likeness (QED) is 0.356. The van der Waals surface area contributed by atoms with E-state index < -0.39 is 22.8 Å². The zero-order valence-corrected chi connectivity index (χ0v) is 13.5. The monoisotopic (exact) mass is 343 g/mol. The number of carbonyl (C=O) groups is 2. The van der Waals surface area contributed by atoms with Gasteiger partial charge >= 0.3 is 5.97 Å². The third kappa shape index (κ3) is 4.77. The number of nitrogens with one attached hydrogen (secondary N) is 1. The molecular formula is C17H17N3O5. The Kier molecular flexibility index (Phi) is 5.67. The number of ether oxygens (including phenoxy) is 1. The van der Waals surface area contributed by atoms with Gasteiger partial charge in [0.15, 0.2) is 0 Å². The van der Waals surface area contributed by atoms with Crippen molar-refractivity contribution in [3.63, 3.8) is 0 Å². The van der Waals surface area contributed by atoms with Crippen molar-refractivity contribution in [1.29, 1.82) is 0 Å². The Hall–Kier alpha value is -3.42. The first-order chi connectivity index (χ1) is 11.9. The van der Waals surface area contributed by atoms with E-state index in [0.717, 1.165) is 0 Å². The van der Waals surface area contributed by atoms with Crippen LogP contribution in [0.4, 0.5) is 11.4 Å². The lowest BCUT2D eigenvalue weighted by Gasteiger charge is -2.16. The van der Waals surface area contributed by atoms with Crippen molar-refractivity contribution < 1.29 is 19.2 Å². The fourth-order valence-electron chi connectivity index (χ4n) is 2.20. The number of benzene rings is 2.